The van der Waals surface area contributed by atoms with Gasteiger partial charge in [0.1, 0.15) is 5.75 Å². The minimum absolute atomic E-state index is 0.0177. The number of hydrogen-bond acceptors (Lipinski definition) is 3. The van der Waals surface area contributed by atoms with Gasteiger partial charge in [0.15, 0.2) is 0 Å². The molecule has 0 spiro atoms. The van der Waals surface area contributed by atoms with Crippen molar-refractivity contribution >= 4 is 11.8 Å². The molecule has 1 aliphatic rings. The molecule has 0 saturated carbocycles. The Balaban J connectivity index is 2.36. The van der Waals surface area contributed by atoms with Gasteiger partial charge in [0.2, 0.25) is 11.8 Å². The molecule has 0 unspecified atom stereocenters. The first kappa shape index (κ1) is 14.4. The van der Waals surface area contributed by atoms with E-state index in [0.717, 1.165) is 11.3 Å². The van der Waals surface area contributed by atoms with Crippen LogP contribution in [0.5, 0.6) is 5.75 Å². The summed E-state index contributed by atoms with van der Waals surface area (Å²) in [6.07, 6.45) is 0. The van der Waals surface area contributed by atoms with E-state index in [0.29, 0.717) is 19.6 Å². The van der Waals surface area contributed by atoms with Crippen molar-refractivity contribution in [1.29, 1.82) is 0 Å². The van der Waals surface area contributed by atoms with Gasteiger partial charge in [-0.25, -0.2) is 0 Å². The van der Waals surface area contributed by atoms with Crippen molar-refractivity contribution in [3.05, 3.63) is 29.8 Å². The number of carbonyl (C=O) groups is 2. The van der Waals surface area contributed by atoms with Gasteiger partial charge < -0.3 is 14.5 Å². The normalized spacial score (nSPS) is 18.9. The number of methoxy groups -OCH3 is 1. The van der Waals surface area contributed by atoms with E-state index in [-0.39, 0.29) is 17.9 Å². The third kappa shape index (κ3) is 2.76. The Hall–Kier alpha value is -2.04. The van der Waals surface area contributed by atoms with Crippen LogP contribution >= 0.6 is 0 Å². The third-order valence-corrected chi connectivity index (χ3v) is 3.73. The van der Waals surface area contributed by atoms with E-state index in [2.05, 4.69) is 0 Å². The molecule has 0 aliphatic carbocycles. The van der Waals surface area contributed by atoms with E-state index < -0.39 is 0 Å². The maximum atomic E-state index is 11.8. The van der Waals surface area contributed by atoms with E-state index in [9.17, 15) is 9.59 Å². The molecule has 0 aromatic heterocycles. The maximum Gasteiger partial charge on any atom is 0.220 e. The zero-order valence-electron chi connectivity index (χ0n) is 12.1. The van der Waals surface area contributed by atoms with Gasteiger partial charge in [-0.1, -0.05) is 18.2 Å². The molecule has 1 aromatic carbocycles. The molecule has 20 heavy (non-hydrogen) atoms. The molecule has 2 rings (SSSR count). The van der Waals surface area contributed by atoms with Gasteiger partial charge in [0.05, 0.1) is 13.2 Å². The van der Waals surface area contributed by atoms with Crippen LogP contribution in [0.1, 0.15) is 25.5 Å². The van der Waals surface area contributed by atoms with Crippen molar-refractivity contribution in [3.63, 3.8) is 0 Å². The summed E-state index contributed by atoms with van der Waals surface area (Å²) in [6.45, 7) is 4.77. The second-order valence-corrected chi connectivity index (χ2v) is 4.94. The van der Waals surface area contributed by atoms with Gasteiger partial charge in [-0.2, -0.15) is 0 Å². The van der Waals surface area contributed by atoms with Crippen LogP contribution in [0.15, 0.2) is 24.3 Å². The highest BCUT2D eigenvalue weighted by Crippen LogP contribution is 2.32. The average Bonchev–Trinajstić information content (AvgIpc) is 2.46. The predicted octanol–water partition coefficient (Wildman–Crippen LogP) is 1.45. The number of rotatable bonds is 2. The minimum Gasteiger partial charge on any atom is -0.496 e. The first-order valence-electron chi connectivity index (χ1n) is 6.70. The lowest BCUT2D eigenvalue weighted by Gasteiger charge is -2.41. The Morgan fingerprint density at radius 2 is 1.85 bits per heavy atom. The first-order chi connectivity index (χ1) is 9.54. The quantitative estimate of drug-likeness (QED) is 0.821. The predicted molar refractivity (Wildman–Crippen MR) is 75.4 cm³/mol. The van der Waals surface area contributed by atoms with Crippen molar-refractivity contribution in [1.82, 2.24) is 9.80 Å². The fourth-order valence-corrected chi connectivity index (χ4v) is 2.65. The Kier molecular flexibility index (Phi) is 4.27. The van der Waals surface area contributed by atoms with Crippen LogP contribution in [-0.4, -0.2) is 48.4 Å². The molecular weight excluding hydrogens is 256 g/mol. The molecule has 1 atom stereocenters. The van der Waals surface area contributed by atoms with Gasteiger partial charge in [-0.3, -0.25) is 9.59 Å². The molecule has 0 N–H and O–H groups in total. The van der Waals surface area contributed by atoms with Crippen LogP contribution in [0.3, 0.4) is 0 Å². The summed E-state index contributed by atoms with van der Waals surface area (Å²) in [5.41, 5.74) is 0.941. The molecular formula is C15H20N2O3. The van der Waals surface area contributed by atoms with Crippen molar-refractivity contribution in [2.45, 2.75) is 19.9 Å². The van der Waals surface area contributed by atoms with Crippen molar-refractivity contribution in [3.8, 4) is 5.75 Å². The number of amides is 2. The van der Waals surface area contributed by atoms with E-state index in [1.54, 1.807) is 30.8 Å². The highest BCUT2D eigenvalue weighted by atomic mass is 16.5. The fourth-order valence-electron chi connectivity index (χ4n) is 2.65. The van der Waals surface area contributed by atoms with Gasteiger partial charge in [0.25, 0.3) is 0 Å². The average molecular weight is 276 g/mol. The highest BCUT2D eigenvalue weighted by Gasteiger charge is 2.32. The lowest BCUT2D eigenvalue weighted by atomic mass is 10.0. The van der Waals surface area contributed by atoms with E-state index >= 15 is 0 Å². The number of carbonyl (C=O) groups excluding carboxylic acids is 2. The molecule has 2 amide bonds. The molecule has 1 heterocycles. The number of ether oxygens (including phenoxy) is 1. The summed E-state index contributed by atoms with van der Waals surface area (Å²) >= 11 is 0. The van der Waals surface area contributed by atoms with E-state index in [1.807, 2.05) is 24.3 Å². The van der Waals surface area contributed by atoms with Crippen LogP contribution < -0.4 is 4.74 Å². The van der Waals surface area contributed by atoms with Crippen LogP contribution in [0, 0.1) is 0 Å². The number of piperazine rings is 1. The summed E-state index contributed by atoms with van der Waals surface area (Å²) in [4.78, 5) is 27.0. The number of hydrogen-bond donors (Lipinski definition) is 0. The summed E-state index contributed by atoms with van der Waals surface area (Å²) in [5.74, 6) is 0.798. The zero-order valence-corrected chi connectivity index (χ0v) is 12.1. The highest BCUT2D eigenvalue weighted by molar-refractivity contribution is 5.76. The molecule has 5 heteroatoms. The fraction of sp³-hybridized carbons (Fsp3) is 0.467. The summed E-state index contributed by atoms with van der Waals surface area (Å²) in [5, 5.41) is 0. The summed E-state index contributed by atoms with van der Waals surface area (Å²) in [6, 6.07) is 7.49. The standard InChI is InChI=1S/C15H20N2O3/c1-11(18)16-8-9-17(12(2)19)14(10-16)13-6-4-5-7-15(13)20-3/h4-7,14H,8-10H2,1-3H3/t14-/m0/s1. The second kappa shape index (κ2) is 5.94. The third-order valence-electron chi connectivity index (χ3n) is 3.73. The monoisotopic (exact) mass is 276 g/mol. The number of benzene rings is 1. The van der Waals surface area contributed by atoms with Crippen LogP contribution in [-0.2, 0) is 9.59 Å². The molecule has 1 aliphatic heterocycles. The largest absolute Gasteiger partial charge is 0.496 e. The van der Waals surface area contributed by atoms with Crippen LogP contribution in [0.4, 0.5) is 0 Å². The van der Waals surface area contributed by atoms with Crippen molar-refractivity contribution < 1.29 is 14.3 Å². The van der Waals surface area contributed by atoms with Gasteiger partial charge in [0, 0.05) is 39.0 Å². The zero-order chi connectivity index (χ0) is 14.7. The molecule has 108 valence electrons. The molecule has 5 nitrogen and oxygen atoms in total. The Bertz CT molecular complexity index is 516. The lowest BCUT2D eigenvalue weighted by molar-refractivity contribution is -0.140. The maximum absolute atomic E-state index is 11.8. The van der Waals surface area contributed by atoms with Gasteiger partial charge in [-0.15, -0.1) is 0 Å². The van der Waals surface area contributed by atoms with E-state index in [4.69, 9.17) is 4.74 Å². The van der Waals surface area contributed by atoms with Crippen LogP contribution in [0.2, 0.25) is 0 Å². The van der Waals surface area contributed by atoms with Gasteiger partial charge >= 0.3 is 0 Å². The Morgan fingerprint density at radius 3 is 2.45 bits per heavy atom. The lowest BCUT2D eigenvalue weighted by Crippen LogP contribution is -2.51. The molecule has 1 aromatic rings. The summed E-state index contributed by atoms with van der Waals surface area (Å²) in [7, 11) is 1.61. The molecule has 1 saturated heterocycles. The SMILES string of the molecule is COc1ccccc1[C@@H]1CN(C(C)=O)CCN1C(C)=O. The topological polar surface area (TPSA) is 49.9 Å². The van der Waals surface area contributed by atoms with E-state index in [1.165, 1.54) is 0 Å². The number of nitrogens with zero attached hydrogens (tertiary/aromatic N) is 2. The van der Waals surface area contributed by atoms with Crippen molar-refractivity contribution in [2.75, 3.05) is 26.7 Å². The summed E-state index contributed by atoms with van der Waals surface area (Å²) < 4.78 is 5.38. The molecule has 0 bridgehead atoms. The first-order valence-corrected chi connectivity index (χ1v) is 6.70. The Labute approximate surface area is 119 Å². The van der Waals surface area contributed by atoms with Gasteiger partial charge in [-0.05, 0) is 6.07 Å². The smallest absolute Gasteiger partial charge is 0.220 e. The second-order valence-electron chi connectivity index (χ2n) is 4.94. The van der Waals surface area contributed by atoms with Crippen LogP contribution in [0.25, 0.3) is 0 Å². The number of para-hydroxylation sites is 1. The minimum atomic E-state index is -0.152. The molecule has 1 fully saturated rings. The van der Waals surface area contributed by atoms with Crippen molar-refractivity contribution in [2.24, 2.45) is 0 Å². The Morgan fingerprint density at radius 1 is 1.15 bits per heavy atom. The molecule has 0 radical (unpaired) electrons.